The smallest absolute Gasteiger partial charge is 0.344 e. The summed E-state index contributed by atoms with van der Waals surface area (Å²) in [4.78, 5) is 24.2. The summed E-state index contributed by atoms with van der Waals surface area (Å²) in [6.07, 6.45) is 0. The molecule has 1 heterocycles. The second-order valence-corrected chi connectivity index (χ2v) is 6.44. The number of esters is 1. The number of fused-ring (bicyclic) bond motifs is 3. The monoisotopic (exact) mass is 392 g/mol. The number of carbonyl (C=O) groups is 1. The van der Waals surface area contributed by atoms with Crippen LogP contribution in [0.3, 0.4) is 0 Å². The molecule has 0 fully saturated rings. The van der Waals surface area contributed by atoms with Gasteiger partial charge in [-0.3, -0.25) is 0 Å². The van der Waals surface area contributed by atoms with Crippen molar-refractivity contribution in [3.05, 3.63) is 88.3 Å². The van der Waals surface area contributed by atoms with Crippen LogP contribution in [-0.2, 0) is 16.1 Å². The molecule has 0 spiro atoms. The average Bonchev–Trinajstić information content (AvgIpc) is 2.73. The van der Waals surface area contributed by atoms with Crippen LogP contribution in [0.15, 0.2) is 75.9 Å². The molecule has 3 aromatic carbocycles. The molecular weight excluding hydrogens is 372 g/mol. The molecular formula is C23H20O6. The molecule has 0 bridgehead atoms. The van der Waals surface area contributed by atoms with Crippen LogP contribution in [0.1, 0.15) is 11.1 Å². The number of hydrogen-bond acceptors (Lipinski definition) is 5. The van der Waals surface area contributed by atoms with E-state index in [-0.39, 0.29) is 18.7 Å². The molecule has 0 saturated carbocycles. The van der Waals surface area contributed by atoms with Gasteiger partial charge >= 0.3 is 11.6 Å². The number of hydrogen-bond donors (Lipinski definition) is 0. The minimum absolute atomic E-state index is 0. The lowest BCUT2D eigenvalue weighted by atomic mass is 10.0. The van der Waals surface area contributed by atoms with E-state index in [9.17, 15) is 9.59 Å². The van der Waals surface area contributed by atoms with Crippen molar-refractivity contribution in [2.24, 2.45) is 0 Å². The summed E-state index contributed by atoms with van der Waals surface area (Å²) in [6.45, 7) is 1.77. The van der Waals surface area contributed by atoms with Crippen LogP contribution >= 0.6 is 0 Å². The van der Waals surface area contributed by atoms with Crippen molar-refractivity contribution in [1.82, 2.24) is 0 Å². The van der Waals surface area contributed by atoms with E-state index in [1.54, 1.807) is 25.1 Å². The molecule has 29 heavy (non-hydrogen) atoms. The third-order valence-corrected chi connectivity index (χ3v) is 4.58. The van der Waals surface area contributed by atoms with E-state index in [2.05, 4.69) is 0 Å². The van der Waals surface area contributed by atoms with Crippen molar-refractivity contribution < 1.29 is 24.2 Å². The molecule has 4 rings (SSSR count). The molecule has 0 amide bonds. The van der Waals surface area contributed by atoms with Gasteiger partial charge in [-0.15, -0.1) is 0 Å². The zero-order valence-electron chi connectivity index (χ0n) is 15.8. The maximum atomic E-state index is 12.3. The fourth-order valence-corrected chi connectivity index (χ4v) is 3.13. The highest BCUT2D eigenvalue weighted by Gasteiger charge is 2.13. The Kier molecular flexibility index (Phi) is 5.95. The molecule has 0 aliphatic heterocycles. The van der Waals surface area contributed by atoms with E-state index in [1.807, 2.05) is 48.5 Å². The minimum atomic E-state index is -0.469. The molecule has 0 atom stereocenters. The summed E-state index contributed by atoms with van der Waals surface area (Å²) in [6, 6.07) is 20.3. The normalized spacial score (nSPS) is 10.5. The van der Waals surface area contributed by atoms with Gasteiger partial charge in [0, 0.05) is 10.9 Å². The highest BCUT2D eigenvalue weighted by Crippen LogP contribution is 2.30. The topological polar surface area (TPSA) is 97.2 Å². The fourth-order valence-electron chi connectivity index (χ4n) is 3.13. The van der Waals surface area contributed by atoms with Crippen molar-refractivity contribution in [1.29, 1.82) is 0 Å². The molecule has 4 aromatic rings. The Bertz CT molecular complexity index is 1210. The van der Waals surface area contributed by atoms with Gasteiger partial charge in [-0.2, -0.15) is 0 Å². The van der Waals surface area contributed by atoms with Crippen molar-refractivity contribution in [2.75, 3.05) is 6.61 Å². The van der Waals surface area contributed by atoms with Crippen molar-refractivity contribution in [3.63, 3.8) is 0 Å². The van der Waals surface area contributed by atoms with Gasteiger partial charge < -0.3 is 19.4 Å². The van der Waals surface area contributed by atoms with E-state index >= 15 is 0 Å². The molecule has 0 aliphatic rings. The lowest BCUT2D eigenvalue weighted by molar-refractivity contribution is -0.147. The Morgan fingerprint density at radius 2 is 1.59 bits per heavy atom. The van der Waals surface area contributed by atoms with Gasteiger partial charge in [0.15, 0.2) is 6.61 Å². The van der Waals surface area contributed by atoms with Crippen LogP contribution in [0.25, 0.3) is 21.7 Å². The number of aryl methyl sites for hydroxylation is 1. The van der Waals surface area contributed by atoms with E-state index in [0.717, 1.165) is 16.3 Å². The molecule has 0 saturated heterocycles. The minimum Gasteiger partial charge on any atom is -0.481 e. The van der Waals surface area contributed by atoms with Crippen LogP contribution in [0.2, 0.25) is 0 Å². The van der Waals surface area contributed by atoms with Gasteiger partial charge in [-0.25, -0.2) is 9.59 Å². The molecule has 0 radical (unpaired) electrons. The number of benzene rings is 3. The highest BCUT2D eigenvalue weighted by molar-refractivity contribution is 6.05. The van der Waals surface area contributed by atoms with Crippen molar-refractivity contribution in [2.45, 2.75) is 13.5 Å². The predicted molar refractivity (Wildman–Crippen MR) is 110 cm³/mol. The van der Waals surface area contributed by atoms with E-state index < -0.39 is 11.6 Å². The first-order valence-corrected chi connectivity index (χ1v) is 8.91. The van der Waals surface area contributed by atoms with Gasteiger partial charge in [0.1, 0.15) is 17.9 Å². The van der Waals surface area contributed by atoms with Crippen LogP contribution in [0, 0.1) is 6.92 Å². The maximum Gasteiger partial charge on any atom is 0.344 e. The summed E-state index contributed by atoms with van der Waals surface area (Å²) < 4.78 is 16.3. The van der Waals surface area contributed by atoms with Crippen LogP contribution in [0.5, 0.6) is 5.75 Å². The molecule has 6 nitrogen and oxygen atoms in total. The number of ether oxygens (including phenoxy) is 2. The standard InChI is InChI=1S/C23H18O5.H2O/c1-15-20(26-14-21(24)27-13-16-7-3-2-4-8-16)12-11-18-17-9-5-6-10-19(17)23(25)28-22(15)18;/h2-12H,13-14H2,1H3;1H2. The van der Waals surface area contributed by atoms with Gasteiger partial charge in [0.05, 0.1) is 5.39 Å². The molecule has 0 aliphatic carbocycles. The van der Waals surface area contributed by atoms with Gasteiger partial charge in [-0.1, -0.05) is 48.5 Å². The van der Waals surface area contributed by atoms with Crippen LogP contribution in [0.4, 0.5) is 0 Å². The SMILES string of the molecule is Cc1c(OCC(=O)OCc2ccccc2)ccc2c1oc(=O)c1ccccc12.O. The van der Waals surface area contributed by atoms with Gasteiger partial charge in [0.25, 0.3) is 0 Å². The van der Waals surface area contributed by atoms with E-state index in [4.69, 9.17) is 13.9 Å². The fraction of sp³-hybridized carbons (Fsp3) is 0.130. The first kappa shape index (κ1) is 20.1. The second-order valence-electron chi connectivity index (χ2n) is 6.44. The summed E-state index contributed by atoms with van der Waals surface area (Å²) in [7, 11) is 0. The zero-order valence-corrected chi connectivity index (χ0v) is 15.8. The molecule has 1 aromatic heterocycles. The molecule has 2 N–H and O–H groups in total. The summed E-state index contributed by atoms with van der Waals surface area (Å²) in [5.74, 6) is 0.00547. The van der Waals surface area contributed by atoms with Crippen molar-refractivity contribution in [3.8, 4) is 5.75 Å². The highest BCUT2D eigenvalue weighted by atomic mass is 16.6. The first-order chi connectivity index (χ1) is 13.6. The lowest BCUT2D eigenvalue weighted by Gasteiger charge is -2.11. The Morgan fingerprint density at radius 3 is 2.34 bits per heavy atom. The predicted octanol–water partition coefficient (Wildman–Crippen LogP) is 3.55. The van der Waals surface area contributed by atoms with Crippen LogP contribution in [-0.4, -0.2) is 18.1 Å². The van der Waals surface area contributed by atoms with Gasteiger partial charge in [0.2, 0.25) is 0 Å². The Balaban J connectivity index is 0.00000240. The van der Waals surface area contributed by atoms with E-state index in [1.165, 1.54) is 0 Å². The quantitative estimate of drug-likeness (QED) is 0.294. The largest absolute Gasteiger partial charge is 0.481 e. The second kappa shape index (κ2) is 8.58. The Hall–Kier alpha value is -3.64. The van der Waals surface area contributed by atoms with Crippen LogP contribution < -0.4 is 10.4 Å². The van der Waals surface area contributed by atoms with Crippen molar-refractivity contribution >= 4 is 27.7 Å². The first-order valence-electron chi connectivity index (χ1n) is 8.91. The third kappa shape index (κ3) is 4.12. The van der Waals surface area contributed by atoms with E-state index in [0.29, 0.717) is 22.3 Å². The summed E-state index contributed by atoms with van der Waals surface area (Å²) >= 11 is 0. The Labute approximate surface area is 166 Å². The summed E-state index contributed by atoms with van der Waals surface area (Å²) in [5.41, 5.74) is 1.63. The third-order valence-electron chi connectivity index (χ3n) is 4.58. The maximum absolute atomic E-state index is 12.3. The number of carbonyl (C=O) groups excluding carboxylic acids is 1. The number of rotatable bonds is 5. The van der Waals surface area contributed by atoms with Gasteiger partial charge in [-0.05, 0) is 36.1 Å². The molecule has 0 unspecified atom stereocenters. The average molecular weight is 392 g/mol. The zero-order chi connectivity index (χ0) is 19.5. The molecule has 148 valence electrons. The molecule has 6 heteroatoms. The lowest BCUT2D eigenvalue weighted by Crippen LogP contribution is -2.15. The summed E-state index contributed by atoms with van der Waals surface area (Å²) in [5, 5.41) is 2.19. The Morgan fingerprint density at radius 1 is 0.897 bits per heavy atom.